The first-order valence-electron chi connectivity index (χ1n) is 9.09. The average molecular weight is 421 g/mol. The van der Waals surface area contributed by atoms with Crippen LogP contribution in [0.3, 0.4) is 0 Å². The first-order chi connectivity index (χ1) is 13.3. The van der Waals surface area contributed by atoms with E-state index in [1.165, 1.54) is 0 Å². The summed E-state index contributed by atoms with van der Waals surface area (Å²) in [6, 6.07) is 12.6. The molecule has 0 radical (unpaired) electrons. The zero-order valence-corrected chi connectivity index (χ0v) is 17.8. The molecule has 0 spiro atoms. The second-order valence-electron chi connectivity index (χ2n) is 6.81. The lowest BCUT2D eigenvalue weighted by Gasteiger charge is -2.09. The monoisotopic (exact) mass is 420 g/mol. The van der Waals surface area contributed by atoms with Crippen molar-refractivity contribution >= 4 is 31.6 Å². The first kappa shape index (κ1) is 20.6. The maximum absolute atomic E-state index is 12.6. The first-order valence-corrected chi connectivity index (χ1v) is 11.4. The number of thiazole rings is 1. The minimum Gasteiger partial charge on any atom is -0.497 e. The van der Waals surface area contributed by atoms with Gasteiger partial charge in [-0.2, -0.15) is 0 Å². The molecule has 0 atom stereocenters. The van der Waals surface area contributed by atoms with Crippen LogP contribution < -0.4 is 14.3 Å². The number of fused-ring (bicyclic) bond motifs is 1. The van der Waals surface area contributed by atoms with Crippen LogP contribution in [0.15, 0.2) is 52.2 Å². The number of nitrogens with one attached hydrogen (secondary N) is 1. The molecule has 150 valence electrons. The van der Waals surface area contributed by atoms with Gasteiger partial charge < -0.3 is 4.74 Å². The van der Waals surface area contributed by atoms with Crippen LogP contribution in [0.2, 0.25) is 0 Å². The summed E-state index contributed by atoms with van der Waals surface area (Å²) in [6.45, 7) is 4.20. The highest BCUT2D eigenvalue weighted by atomic mass is 32.2. The maximum Gasteiger partial charge on any atom is 0.308 e. The van der Waals surface area contributed by atoms with Crippen LogP contribution in [-0.2, 0) is 16.4 Å². The number of hydrogen-bond donors (Lipinski definition) is 1. The van der Waals surface area contributed by atoms with Crippen LogP contribution in [0, 0.1) is 0 Å². The summed E-state index contributed by atoms with van der Waals surface area (Å²) in [6.07, 6.45) is 1.42. The van der Waals surface area contributed by atoms with E-state index in [0.29, 0.717) is 17.7 Å². The third kappa shape index (κ3) is 4.45. The van der Waals surface area contributed by atoms with Crippen molar-refractivity contribution in [1.82, 2.24) is 9.29 Å². The lowest BCUT2D eigenvalue weighted by atomic mass is 10.1. The number of benzene rings is 2. The molecule has 0 aliphatic heterocycles. The van der Waals surface area contributed by atoms with Gasteiger partial charge in [-0.15, -0.1) is 0 Å². The Balaban J connectivity index is 1.68. The van der Waals surface area contributed by atoms with Crippen molar-refractivity contribution in [1.29, 1.82) is 0 Å². The number of aryl methyl sites for hydroxylation is 1. The van der Waals surface area contributed by atoms with Gasteiger partial charge in [0, 0.05) is 12.6 Å². The van der Waals surface area contributed by atoms with Crippen LogP contribution in [-0.4, -0.2) is 26.6 Å². The summed E-state index contributed by atoms with van der Waals surface area (Å²) in [5.74, 6) is 0.790. The van der Waals surface area contributed by atoms with Gasteiger partial charge >= 0.3 is 4.87 Å². The third-order valence-electron chi connectivity index (χ3n) is 4.48. The minimum atomic E-state index is -3.62. The lowest BCUT2D eigenvalue weighted by molar-refractivity contribution is 0.414. The minimum absolute atomic E-state index is 0.0263. The second-order valence-corrected chi connectivity index (χ2v) is 9.57. The van der Waals surface area contributed by atoms with Crippen molar-refractivity contribution in [3.8, 4) is 5.75 Å². The van der Waals surface area contributed by atoms with E-state index in [-0.39, 0.29) is 15.8 Å². The molecule has 0 fully saturated rings. The van der Waals surface area contributed by atoms with E-state index in [1.54, 1.807) is 29.9 Å². The standard InChI is InChI=1S/C20H24N2O4S2/c1-14(2)22-18-10-9-17(13-19(18)27-20(22)23)28(24,25)21-11-5-7-15-6-4-8-16(12-15)26-3/h4,6,8-10,12-14,21H,5,7,11H2,1-3H3. The predicted molar refractivity (Wildman–Crippen MR) is 113 cm³/mol. The van der Waals surface area contributed by atoms with E-state index in [1.807, 2.05) is 38.1 Å². The number of nitrogens with zero attached hydrogens (tertiary/aromatic N) is 1. The Morgan fingerprint density at radius 2 is 1.96 bits per heavy atom. The molecular formula is C20H24N2O4S2. The van der Waals surface area contributed by atoms with Gasteiger partial charge in [-0.3, -0.25) is 9.36 Å². The lowest BCUT2D eigenvalue weighted by Crippen LogP contribution is -2.25. The van der Waals surface area contributed by atoms with Gasteiger partial charge in [0.15, 0.2) is 0 Å². The van der Waals surface area contributed by atoms with Crippen molar-refractivity contribution in [2.75, 3.05) is 13.7 Å². The van der Waals surface area contributed by atoms with Crippen LogP contribution >= 0.6 is 11.3 Å². The molecule has 3 rings (SSSR count). The van der Waals surface area contributed by atoms with Crippen molar-refractivity contribution in [3.05, 3.63) is 57.7 Å². The zero-order valence-electron chi connectivity index (χ0n) is 16.1. The van der Waals surface area contributed by atoms with E-state index in [4.69, 9.17) is 4.74 Å². The summed E-state index contributed by atoms with van der Waals surface area (Å²) in [5, 5.41) is 0. The normalized spacial score (nSPS) is 12.0. The molecule has 0 bridgehead atoms. The fourth-order valence-electron chi connectivity index (χ4n) is 3.08. The van der Waals surface area contributed by atoms with Crippen LogP contribution in [0.4, 0.5) is 0 Å². The molecule has 1 aromatic heterocycles. The fraction of sp³-hybridized carbons (Fsp3) is 0.350. The fourth-order valence-corrected chi connectivity index (χ4v) is 5.31. The maximum atomic E-state index is 12.6. The number of hydrogen-bond acceptors (Lipinski definition) is 5. The second kappa shape index (κ2) is 8.46. The van der Waals surface area contributed by atoms with Crippen LogP contribution in [0.25, 0.3) is 10.2 Å². The van der Waals surface area contributed by atoms with E-state index in [9.17, 15) is 13.2 Å². The van der Waals surface area contributed by atoms with Gasteiger partial charge in [0.05, 0.1) is 22.2 Å². The van der Waals surface area contributed by atoms with Gasteiger partial charge in [-0.05, 0) is 62.6 Å². The van der Waals surface area contributed by atoms with Crippen molar-refractivity contribution in [2.45, 2.75) is 37.6 Å². The van der Waals surface area contributed by atoms with Gasteiger partial charge in [-0.25, -0.2) is 13.1 Å². The molecule has 0 aliphatic carbocycles. The summed E-state index contributed by atoms with van der Waals surface area (Å²) in [5.41, 5.74) is 1.86. The van der Waals surface area contributed by atoms with Gasteiger partial charge in [0.1, 0.15) is 5.75 Å². The summed E-state index contributed by atoms with van der Waals surface area (Å²) in [7, 11) is -2.00. The van der Waals surface area contributed by atoms with Crippen LogP contribution in [0.5, 0.6) is 5.75 Å². The van der Waals surface area contributed by atoms with E-state index < -0.39 is 10.0 Å². The largest absolute Gasteiger partial charge is 0.497 e. The Bertz CT molecular complexity index is 1130. The number of ether oxygens (including phenoxy) is 1. The molecule has 1 N–H and O–H groups in total. The highest BCUT2D eigenvalue weighted by molar-refractivity contribution is 7.89. The van der Waals surface area contributed by atoms with E-state index in [2.05, 4.69) is 4.72 Å². The molecule has 0 aliphatic rings. The average Bonchev–Trinajstić information content (AvgIpc) is 3.00. The summed E-state index contributed by atoms with van der Waals surface area (Å²) in [4.78, 5) is 12.2. The summed E-state index contributed by atoms with van der Waals surface area (Å²) < 4.78 is 35.4. The molecule has 28 heavy (non-hydrogen) atoms. The Hall–Kier alpha value is -2.16. The SMILES string of the molecule is COc1cccc(CCCNS(=O)(=O)c2ccc3c(c2)sc(=O)n3C(C)C)c1. The summed E-state index contributed by atoms with van der Waals surface area (Å²) >= 11 is 1.07. The number of methoxy groups -OCH3 is 1. The highest BCUT2D eigenvalue weighted by Crippen LogP contribution is 2.24. The van der Waals surface area contributed by atoms with Crippen LogP contribution in [0.1, 0.15) is 31.9 Å². The molecule has 0 saturated carbocycles. The number of sulfonamides is 1. The predicted octanol–water partition coefficient (Wildman–Crippen LogP) is 3.56. The third-order valence-corrected chi connectivity index (χ3v) is 6.86. The zero-order chi connectivity index (χ0) is 20.3. The molecule has 2 aromatic carbocycles. The molecule has 0 amide bonds. The van der Waals surface area contributed by atoms with Gasteiger partial charge in [0.25, 0.3) is 0 Å². The quantitative estimate of drug-likeness (QED) is 0.565. The molecule has 8 heteroatoms. The van der Waals surface area contributed by atoms with E-state index in [0.717, 1.165) is 34.6 Å². The smallest absolute Gasteiger partial charge is 0.308 e. The molecule has 3 aromatic rings. The molecular weight excluding hydrogens is 396 g/mol. The topological polar surface area (TPSA) is 77.4 Å². The van der Waals surface area contributed by atoms with Gasteiger partial charge in [0.2, 0.25) is 10.0 Å². The molecule has 0 saturated heterocycles. The molecule has 6 nitrogen and oxygen atoms in total. The number of aromatic nitrogens is 1. The number of rotatable bonds is 8. The Morgan fingerprint density at radius 3 is 2.68 bits per heavy atom. The molecule has 0 unspecified atom stereocenters. The van der Waals surface area contributed by atoms with Crippen molar-refractivity contribution < 1.29 is 13.2 Å². The highest BCUT2D eigenvalue weighted by Gasteiger charge is 2.17. The van der Waals surface area contributed by atoms with Crippen molar-refractivity contribution in [3.63, 3.8) is 0 Å². The van der Waals surface area contributed by atoms with E-state index >= 15 is 0 Å². The Kier molecular flexibility index (Phi) is 6.22. The van der Waals surface area contributed by atoms with Crippen molar-refractivity contribution in [2.24, 2.45) is 0 Å². The Labute approximate surface area is 168 Å². The Morgan fingerprint density at radius 1 is 1.18 bits per heavy atom. The van der Waals surface area contributed by atoms with Gasteiger partial charge in [-0.1, -0.05) is 23.5 Å². The molecule has 1 heterocycles.